The minimum absolute atomic E-state index is 0.214. The standard InChI is InChI=1S/C19H20FN3S/c1-12-7-13(2)9-23(8-12)18-17-16(10-24-19(17)22-11-21-18)14-3-5-15(20)6-4-14/h3-6,10-13H,7-9H2,1-2H3/t12-,13-/m1/s1. The van der Waals surface area contributed by atoms with E-state index in [-0.39, 0.29) is 5.82 Å². The molecule has 3 nitrogen and oxygen atoms in total. The summed E-state index contributed by atoms with van der Waals surface area (Å²) >= 11 is 1.62. The second-order valence-corrected chi connectivity index (χ2v) is 7.74. The molecule has 1 saturated heterocycles. The second-order valence-electron chi connectivity index (χ2n) is 6.88. The molecule has 3 heterocycles. The summed E-state index contributed by atoms with van der Waals surface area (Å²) < 4.78 is 13.3. The van der Waals surface area contributed by atoms with E-state index in [4.69, 9.17) is 0 Å². The van der Waals surface area contributed by atoms with Crippen molar-refractivity contribution in [2.75, 3.05) is 18.0 Å². The molecule has 1 aliphatic rings. The molecule has 0 N–H and O–H groups in total. The second kappa shape index (κ2) is 6.13. The van der Waals surface area contributed by atoms with Gasteiger partial charge in [-0.15, -0.1) is 11.3 Å². The SMILES string of the molecule is C[C@@H]1C[C@@H](C)CN(c2ncnc3scc(-c4ccc(F)cc4)c23)C1. The summed E-state index contributed by atoms with van der Waals surface area (Å²) in [6.07, 6.45) is 2.92. The number of nitrogens with zero attached hydrogens (tertiary/aromatic N) is 3. The summed E-state index contributed by atoms with van der Waals surface area (Å²) in [6, 6.07) is 6.67. The first-order chi connectivity index (χ1) is 11.6. The van der Waals surface area contributed by atoms with Gasteiger partial charge in [0.2, 0.25) is 0 Å². The first kappa shape index (κ1) is 15.5. The highest BCUT2D eigenvalue weighted by atomic mass is 32.1. The quantitative estimate of drug-likeness (QED) is 0.658. The minimum atomic E-state index is -0.214. The van der Waals surface area contributed by atoms with E-state index >= 15 is 0 Å². The zero-order valence-electron chi connectivity index (χ0n) is 13.9. The Kier molecular flexibility index (Phi) is 3.96. The molecule has 1 aromatic carbocycles. The zero-order chi connectivity index (χ0) is 16.7. The fraction of sp³-hybridized carbons (Fsp3) is 0.368. The zero-order valence-corrected chi connectivity index (χ0v) is 14.7. The Morgan fingerprint density at radius 2 is 1.79 bits per heavy atom. The van der Waals surface area contributed by atoms with Crippen molar-refractivity contribution in [2.24, 2.45) is 11.8 Å². The van der Waals surface area contributed by atoms with E-state index < -0.39 is 0 Å². The number of rotatable bonds is 2. The van der Waals surface area contributed by atoms with Crippen LogP contribution in [0, 0.1) is 17.7 Å². The van der Waals surface area contributed by atoms with E-state index in [1.165, 1.54) is 18.6 Å². The average molecular weight is 341 g/mol. The van der Waals surface area contributed by atoms with Crippen LogP contribution in [0.1, 0.15) is 20.3 Å². The van der Waals surface area contributed by atoms with Gasteiger partial charge in [-0.05, 0) is 36.0 Å². The molecule has 1 aliphatic heterocycles. The van der Waals surface area contributed by atoms with E-state index in [0.717, 1.165) is 40.3 Å². The molecule has 0 unspecified atom stereocenters. The van der Waals surface area contributed by atoms with E-state index in [1.54, 1.807) is 17.7 Å². The van der Waals surface area contributed by atoms with Crippen LogP contribution in [0.3, 0.4) is 0 Å². The van der Waals surface area contributed by atoms with E-state index in [0.29, 0.717) is 11.8 Å². The van der Waals surface area contributed by atoms with E-state index in [1.807, 2.05) is 12.1 Å². The molecule has 0 aliphatic carbocycles. The van der Waals surface area contributed by atoms with Gasteiger partial charge in [0.25, 0.3) is 0 Å². The molecular formula is C19H20FN3S. The number of piperidine rings is 1. The third-order valence-electron chi connectivity index (χ3n) is 4.67. The van der Waals surface area contributed by atoms with Crippen LogP contribution in [0.25, 0.3) is 21.3 Å². The Hall–Kier alpha value is -2.01. The smallest absolute Gasteiger partial charge is 0.141 e. The van der Waals surface area contributed by atoms with Gasteiger partial charge in [0, 0.05) is 24.0 Å². The molecule has 24 heavy (non-hydrogen) atoms. The summed E-state index contributed by atoms with van der Waals surface area (Å²) in [5.74, 6) is 2.12. The van der Waals surface area contributed by atoms with Crippen molar-refractivity contribution in [3.8, 4) is 11.1 Å². The fourth-order valence-electron chi connectivity index (χ4n) is 3.78. The van der Waals surface area contributed by atoms with Crippen molar-refractivity contribution in [3.05, 3.63) is 41.8 Å². The lowest BCUT2D eigenvalue weighted by Crippen LogP contribution is -2.39. The van der Waals surface area contributed by atoms with Crippen LogP contribution in [0.2, 0.25) is 0 Å². The molecule has 124 valence electrons. The number of hydrogen-bond donors (Lipinski definition) is 0. The summed E-state index contributed by atoms with van der Waals surface area (Å²) in [5, 5.41) is 3.20. The van der Waals surface area contributed by atoms with E-state index in [9.17, 15) is 4.39 Å². The first-order valence-corrected chi connectivity index (χ1v) is 9.23. The molecule has 2 atom stereocenters. The number of hydrogen-bond acceptors (Lipinski definition) is 4. The van der Waals surface area contributed by atoms with Crippen LogP contribution in [-0.2, 0) is 0 Å². The molecule has 1 fully saturated rings. The lowest BCUT2D eigenvalue weighted by molar-refractivity contribution is 0.356. The molecule has 0 bridgehead atoms. The molecule has 3 aromatic rings. The lowest BCUT2D eigenvalue weighted by Gasteiger charge is -2.36. The van der Waals surface area contributed by atoms with Gasteiger partial charge in [-0.3, -0.25) is 0 Å². The maximum absolute atomic E-state index is 13.3. The van der Waals surface area contributed by atoms with Crippen LogP contribution in [0.5, 0.6) is 0 Å². The fourth-order valence-corrected chi connectivity index (χ4v) is 4.69. The van der Waals surface area contributed by atoms with E-state index in [2.05, 4.69) is 34.1 Å². The molecule has 4 rings (SSSR count). The number of anilines is 1. The maximum Gasteiger partial charge on any atom is 0.141 e. The van der Waals surface area contributed by atoms with Crippen LogP contribution in [0.4, 0.5) is 10.2 Å². The topological polar surface area (TPSA) is 29.0 Å². The van der Waals surface area contributed by atoms with Gasteiger partial charge in [-0.1, -0.05) is 26.0 Å². The largest absolute Gasteiger partial charge is 0.355 e. The van der Waals surface area contributed by atoms with Crippen molar-refractivity contribution in [1.29, 1.82) is 0 Å². The summed E-state index contributed by atoms with van der Waals surface area (Å²) in [4.78, 5) is 12.5. The number of halogens is 1. The van der Waals surface area contributed by atoms with Gasteiger partial charge < -0.3 is 4.90 Å². The Morgan fingerprint density at radius 3 is 2.50 bits per heavy atom. The monoisotopic (exact) mass is 341 g/mol. The van der Waals surface area contributed by atoms with Crippen molar-refractivity contribution < 1.29 is 4.39 Å². The highest BCUT2D eigenvalue weighted by molar-refractivity contribution is 7.17. The van der Waals surface area contributed by atoms with Crippen LogP contribution < -0.4 is 4.90 Å². The molecule has 0 spiro atoms. The highest BCUT2D eigenvalue weighted by Crippen LogP contribution is 2.39. The number of thiophene rings is 1. The molecular weight excluding hydrogens is 321 g/mol. The maximum atomic E-state index is 13.3. The summed E-state index contributed by atoms with van der Waals surface area (Å²) in [7, 11) is 0. The van der Waals surface area contributed by atoms with Gasteiger partial charge in [0.05, 0.1) is 5.39 Å². The summed E-state index contributed by atoms with van der Waals surface area (Å²) in [5.41, 5.74) is 2.10. The van der Waals surface area contributed by atoms with Gasteiger partial charge >= 0.3 is 0 Å². The van der Waals surface area contributed by atoms with Gasteiger partial charge in [0.15, 0.2) is 0 Å². The molecule has 0 amide bonds. The van der Waals surface area contributed by atoms with Crippen LogP contribution >= 0.6 is 11.3 Å². The normalized spacial score (nSPS) is 21.4. The van der Waals surface area contributed by atoms with Gasteiger partial charge in [-0.2, -0.15) is 0 Å². The van der Waals surface area contributed by atoms with Gasteiger partial charge in [0.1, 0.15) is 22.8 Å². The Labute approximate surface area is 145 Å². The van der Waals surface area contributed by atoms with Crippen molar-refractivity contribution in [2.45, 2.75) is 20.3 Å². The van der Waals surface area contributed by atoms with Crippen LogP contribution in [-0.4, -0.2) is 23.1 Å². The van der Waals surface area contributed by atoms with Crippen LogP contribution in [0.15, 0.2) is 36.0 Å². The lowest BCUT2D eigenvalue weighted by atomic mass is 9.91. The Balaban J connectivity index is 1.84. The predicted octanol–water partition coefficient (Wildman–Crippen LogP) is 4.98. The Morgan fingerprint density at radius 1 is 1.08 bits per heavy atom. The van der Waals surface area contributed by atoms with Crippen molar-refractivity contribution in [3.63, 3.8) is 0 Å². The predicted molar refractivity (Wildman–Crippen MR) is 98.0 cm³/mol. The number of fused-ring (bicyclic) bond motifs is 1. The Bertz CT molecular complexity index is 849. The van der Waals surface area contributed by atoms with Gasteiger partial charge in [-0.25, -0.2) is 14.4 Å². The van der Waals surface area contributed by atoms with Crippen molar-refractivity contribution >= 4 is 27.4 Å². The summed E-state index contributed by atoms with van der Waals surface area (Å²) in [6.45, 7) is 6.65. The average Bonchev–Trinajstić information content (AvgIpc) is 2.99. The molecule has 2 aromatic heterocycles. The van der Waals surface area contributed by atoms with Crippen molar-refractivity contribution in [1.82, 2.24) is 9.97 Å². The number of benzene rings is 1. The molecule has 5 heteroatoms. The molecule has 0 radical (unpaired) electrons. The molecule has 0 saturated carbocycles. The minimum Gasteiger partial charge on any atom is -0.355 e. The highest BCUT2D eigenvalue weighted by Gasteiger charge is 2.25. The number of aromatic nitrogens is 2. The third-order valence-corrected chi connectivity index (χ3v) is 5.56. The third kappa shape index (κ3) is 2.77. The first-order valence-electron chi connectivity index (χ1n) is 8.35.